The number of aromatic nitrogens is 1. The molecule has 1 aromatic heterocycles. The van der Waals surface area contributed by atoms with Gasteiger partial charge in [-0.3, -0.25) is 9.98 Å². The van der Waals surface area contributed by atoms with E-state index in [1.54, 1.807) is 18.5 Å². The maximum Gasteiger partial charge on any atom is 0.213 e. The first-order valence-corrected chi connectivity index (χ1v) is 9.32. The molecule has 0 spiro atoms. The van der Waals surface area contributed by atoms with Gasteiger partial charge in [0, 0.05) is 36.1 Å². The zero-order valence-corrected chi connectivity index (χ0v) is 17.3. The summed E-state index contributed by atoms with van der Waals surface area (Å²) in [6.45, 7) is 16.9. The van der Waals surface area contributed by atoms with Crippen molar-refractivity contribution in [1.82, 2.24) is 9.88 Å². The molecule has 0 radical (unpaired) electrons. The minimum atomic E-state index is 0.622. The summed E-state index contributed by atoms with van der Waals surface area (Å²) in [6, 6.07) is 9.79. The van der Waals surface area contributed by atoms with E-state index in [-0.39, 0.29) is 0 Å². The molecular weight excluding hydrogens is 360 g/mol. The molecule has 0 N–H and O–H groups in total. The lowest BCUT2D eigenvalue weighted by Crippen LogP contribution is -2.15. The lowest BCUT2D eigenvalue weighted by molar-refractivity contribution is 0.273. The van der Waals surface area contributed by atoms with Gasteiger partial charge in [0.05, 0.1) is 12.3 Å². The molecule has 0 amide bonds. The molecule has 5 nitrogen and oxygen atoms in total. The minimum Gasteiger partial charge on any atom is -0.478 e. The fourth-order valence-corrected chi connectivity index (χ4v) is 2.71. The Morgan fingerprint density at radius 3 is 2.52 bits per heavy atom. The van der Waals surface area contributed by atoms with Gasteiger partial charge < -0.3 is 9.64 Å². The molecule has 0 bridgehead atoms. The van der Waals surface area contributed by atoms with Crippen LogP contribution in [-0.2, 0) is 0 Å². The Hall–Kier alpha value is -3.31. The van der Waals surface area contributed by atoms with E-state index < -0.39 is 0 Å². The van der Waals surface area contributed by atoms with Gasteiger partial charge in [0.15, 0.2) is 0 Å². The Morgan fingerprint density at radius 1 is 1.14 bits per heavy atom. The van der Waals surface area contributed by atoms with Crippen LogP contribution in [0, 0.1) is 0 Å². The van der Waals surface area contributed by atoms with E-state index in [0.29, 0.717) is 12.5 Å². The van der Waals surface area contributed by atoms with Crippen LogP contribution in [0.4, 0.5) is 5.69 Å². The number of pyridine rings is 1. The Balaban J connectivity index is 2.19. The predicted octanol–water partition coefficient (Wildman–Crippen LogP) is 5.19. The van der Waals surface area contributed by atoms with Gasteiger partial charge in [-0.25, -0.2) is 4.98 Å². The first-order valence-electron chi connectivity index (χ1n) is 9.32. The standard InChI is InChI=1S/C24H28N4O/c1-18(12-13-25-3)19(2)22-16-20(8-10-23(22)26-4)21-9-11-24(27-17-21)29-15-7-14-28(5)6/h8-13,16-17H,1-4,7,14-15H2,5-6H3/b13-12-. The van der Waals surface area contributed by atoms with E-state index in [0.717, 1.165) is 46.5 Å². The van der Waals surface area contributed by atoms with Crippen molar-refractivity contribution in [3.8, 4) is 17.0 Å². The topological polar surface area (TPSA) is 50.1 Å². The maximum absolute atomic E-state index is 5.71. The number of ether oxygens (including phenoxy) is 1. The van der Waals surface area contributed by atoms with E-state index >= 15 is 0 Å². The van der Waals surface area contributed by atoms with E-state index in [1.807, 2.05) is 44.4 Å². The SMILES string of the molecule is C=N/C=C\C(=C)C(=C)c1cc(-c2ccc(OCCCN(C)C)nc2)ccc1N=C. The summed E-state index contributed by atoms with van der Waals surface area (Å²) < 4.78 is 5.71. The third-order valence-electron chi connectivity index (χ3n) is 4.33. The lowest BCUT2D eigenvalue weighted by atomic mass is 9.95. The Labute approximate surface area is 173 Å². The number of aliphatic imine (C=N–C) groups is 2. The van der Waals surface area contributed by atoms with Crippen LogP contribution >= 0.6 is 0 Å². The van der Waals surface area contributed by atoms with E-state index in [9.17, 15) is 0 Å². The normalized spacial score (nSPS) is 10.9. The largest absolute Gasteiger partial charge is 0.478 e. The van der Waals surface area contributed by atoms with Crippen LogP contribution in [0.1, 0.15) is 12.0 Å². The summed E-state index contributed by atoms with van der Waals surface area (Å²) in [5.41, 5.74) is 5.07. The molecule has 0 aliphatic carbocycles. The fourth-order valence-electron chi connectivity index (χ4n) is 2.71. The van der Waals surface area contributed by atoms with Crippen LogP contribution in [0.3, 0.4) is 0 Å². The van der Waals surface area contributed by atoms with Crippen LogP contribution in [0.5, 0.6) is 5.88 Å². The van der Waals surface area contributed by atoms with Gasteiger partial charge in [-0.05, 0) is 74.9 Å². The molecule has 150 valence electrons. The molecule has 0 unspecified atom stereocenters. The molecule has 0 aliphatic heterocycles. The smallest absolute Gasteiger partial charge is 0.213 e. The number of allylic oxidation sites excluding steroid dienone is 3. The molecule has 29 heavy (non-hydrogen) atoms. The number of benzene rings is 1. The molecule has 0 fully saturated rings. The zero-order chi connectivity index (χ0) is 21.2. The van der Waals surface area contributed by atoms with Gasteiger partial charge in [0.2, 0.25) is 5.88 Å². The molecule has 0 atom stereocenters. The second kappa shape index (κ2) is 10.9. The Morgan fingerprint density at radius 2 is 1.90 bits per heavy atom. The summed E-state index contributed by atoms with van der Waals surface area (Å²) in [4.78, 5) is 14.4. The summed E-state index contributed by atoms with van der Waals surface area (Å²) in [5.74, 6) is 0.622. The monoisotopic (exact) mass is 388 g/mol. The second-order valence-electron chi connectivity index (χ2n) is 6.78. The summed E-state index contributed by atoms with van der Waals surface area (Å²) >= 11 is 0. The van der Waals surface area contributed by atoms with E-state index in [4.69, 9.17) is 4.74 Å². The van der Waals surface area contributed by atoms with Gasteiger partial charge in [-0.1, -0.05) is 19.2 Å². The number of hydrogen-bond acceptors (Lipinski definition) is 5. The Kier molecular flexibility index (Phi) is 8.25. The lowest BCUT2D eigenvalue weighted by Gasteiger charge is -2.12. The minimum absolute atomic E-state index is 0.622. The predicted molar refractivity (Wildman–Crippen MR) is 124 cm³/mol. The van der Waals surface area contributed by atoms with Crippen LogP contribution in [-0.4, -0.2) is 50.6 Å². The van der Waals surface area contributed by atoms with Crippen molar-refractivity contribution >= 4 is 24.7 Å². The first kappa shape index (κ1) is 22.0. The first-order chi connectivity index (χ1) is 14.0. The van der Waals surface area contributed by atoms with Crippen molar-refractivity contribution in [2.45, 2.75) is 6.42 Å². The van der Waals surface area contributed by atoms with Crippen LogP contribution < -0.4 is 4.74 Å². The molecule has 1 heterocycles. The van der Waals surface area contributed by atoms with Crippen LogP contribution in [0.15, 0.2) is 77.5 Å². The average molecular weight is 389 g/mol. The van der Waals surface area contributed by atoms with Crippen molar-refractivity contribution < 1.29 is 4.74 Å². The Bertz CT molecular complexity index is 911. The zero-order valence-electron chi connectivity index (χ0n) is 17.3. The summed E-state index contributed by atoms with van der Waals surface area (Å²) in [6.07, 6.45) is 6.11. The van der Waals surface area contributed by atoms with Gasteiger partial charge >= 0.3 is 0 Å². The van der Waals surface area contributed by atoms with Crippen molar-refractivity contribution in [2.24, 2.45) is 9.98 Å². The highest BCUT2D eigenvalue weighted by Crippen LogP contribution is 2.34. The molecule has 2 aromatic rings. The molecular formula is C24H28N4O. The molecule has 0 aliphatic rings. The molecule has 1 aromatic carbocycles. The third-order valence-corrected chi connectivity index (χ3v) is 4.33. The third kappa shape index (κ3) is 6.36. The van der Waals surface area contributed by atoms with Gasteiger partial charge in [0.25, 0.3) is 0 Å². The number of hydrogen-bond donors (Lipinski definition) is 0. The van der Waals surface area contributed by atoms with Crippen molar-refractivity contribution in [3.63, 3.8) is 0 Å². The van der Waals surface area contributed by atoms with E-state index in [1.165, 1.54) is 0 Å². The van der Waals surface area contributed by atoms with Crippen molar-refractivity contribution in [2.75, 3.05) is 27.2 Å². The van der Waals surface area contributed by atoms with Gasteiger partial charge in [-0.15, -0.1) is 0 Å². The number of nitrogens with zero attached hydrogens (tertiary/aromatic N) is 4. The van der Waals surface area contributed by atoms with Crippen molar-refractivity contribution in [3.05, 3.63) is 73.1 Å². The van der Waals surface area contributed by atoms with Crippen molar-refractivity contribution in [1.29, 1.82) is 0 Å². The fraction of sp³-hybridized carbons (Fsp3) is 0.208. The highest BCUT2D eigenvalue weighted by atomic mass is 16.5. The average Bonchev–Trinajstić information content (AvgIpc) is 2.74. The summed E-state index contributed by atoms with van der Waals surface area (Å²) in [5, 5.41) is 0. The molecule has 2 rings (SSSR count). The molecule has 0 saturated carbocycles. The van der Waals surface area contributed by atoms with Gasteiger partial charge in [-0.2, -0.15) is 0 Å². The second-order valence-corrected chi connectivity index (χ2v) is 6.78. The summed E-state index contributed by atoms with van der Waals surface area (Å²) in [7, 11) is 4.09. The van der Waals surface area contributed by atoms with E-state index in [2.05, 4.69) is 46.5 Å². The van der Waals surface area contributed by atoms with Gasteiger partial charge in [0.1, 0.15) is 0 Å². The number of rotatable bonds is 11. The highest BCUT2D eigenvalue weighted by Gasteiger charge is 2.10. The van der Waals surface area contributed by atoms with Crippen LogP contribution in [0.2, 0.25) is 0 Å². The quantitative estimate of drug-likeness (QED) is 0.302. The maximum atomic E-state index is 5.71. The van der Waals surface area contributed by atoms with Crippen LogP contribution in [0.25, 0.3) is 16.7 Å². The highest BCUT2D eigenvalue weighted by molar-refractivity contribution is 5.87. The molecule has 5 heteroatoms. The molecule has 0 saturated heterocycles.